The maximum Gasteiger partial charge on any atom is 0.291 e. The first-order valence-electron chi connectivity index (χ1n) is 9.27. The third-order valence-electron chi connectivity index (χ3n) is 4.79. The maximum absolute atomic E-state index is 12.7. The van der Waals surface area contributed by atoms with Crippen molar-refractivity contribution in [3.05, 3.63) is 47.9 Å². The molecule has 0 atom stereocenters. The fourth-order valence-corrected chi connectivity index (χ4v) is 3.16. The largest absolute Gasteiger partial charge is 0.455 e. The van der Waals surface area contributed by atoms with Crippen LogP contribution in [0, 0.1) is 0 Å². The van der Waals surface area contributed by atoms with E-state index < -0.39 is 0 Å². The van der Waals surface area contributed by atoms with Gasteiger partial charge in [0, 0.05) is 38.5 Å². The van der Waals surface area contributed by atoms with Gasteiger partial charge in [-0.15, -0.1) is 0 Å². The zero-order valence-electron chi connectivity index (χ0n) is 16.4. The Balaban J connectivity index is 1.74. The highest BCUT2D eigenvalue weighted by molar-refractivity contribution is 6.04. The van der Waals surface area contributed by atoms with Gasteiger partial charge in [-0.25, -0.2) is 0 Å². The van der Waals surface area contributed by atoms with Crippen LogP contribution in [0.1, 0.15) is 44.0 Å². The van der Waals surface area contributed by atoms with Crippen molar-refractivity contribution in [3.8, 4) is 0 Å². The molecule has 1 aliphatic rings. The van der Waals surface area contributed by atoms with Crippen molar-refractivity contribution in [3.63, 3.8) is 0 Å². The number of carbonyl (C=O) groups is 2. The Labute approximate surface area is 160 Å². The van der Waals surface area contributed by atoms with Crippen LogP contribution in [-0.4, -0.2) is 42.9 Å². The second-order valence-corrected chi connectivity index (χ2v) is 7.88. The van der Waals surface area contributed by atoms with E-state index >= 15 is 0 Å². The lowest BCUT2D eigenvalue weighted by atomic mass is 9.94. The van der Waals surface area contributed by atoms with Gasteiger partial charge in [0.15, 0.2) is 5.76 Å². The highest BCUT2D eigenvalue weighted by Gasteiger charge is 2.23. The van der Waals surface area contributed by atoms with Gasteiger partial charge < -0.3 is 19.5 Å². The molecule has 2 heterocycles. The number of furan rings is 1. The lowest BCUT2D eigenvalue weighted by Crippen LogP contribution is -2.48. The molecule has 144 valence electrons. The molecule has 1 saturated heterocycles. The second-order valence-electron chi connectivity index (χ2n) is 7.88. The first-order chi connectivity index (χ1) is 12.8. The molecule has 2 amide bonds. The van der Waals surface area contributed by atoms with Crippen LogP contribution in [0.3, 0.4) is 0 Å². The molecule has 0 unspecified atom stereocenters. The molecule has 6 nitrogen and oxygen atoms in total. The minimum absolute atomic E-state index is 0.101. The van der Waals surface area contributed by atoms with E-state index in [1.54, 1.807) is 13.0 Å². The number of hydrogen-bond donors (Lipinski definition) is 1. The van der Waals surface area contributed by atoms with Crippen molar-refractivity contribution >= 4 is 23.2 Å². The van der Waals surface area contributed by atoms with E-state index in [1.165, 1.54) is 0 Å². The predicted octanol–water partition coefficient (Wildman–Crippen LogP) is 3.50. The monoisotopic (exact) mass is 369 g/mol. The SMILES string of the molecule is CC(=O)N1CCN(c2ccccc2NC(=O)c2ccc(C(C)(C)C)o2)CC1. The van der Waals surface area contributed by atoms with E-state index in [9.17, 15) is 9.59 Å². The van der Waals surface area contributed by atoms with Gasteiger partial charge in [0.25, 0.3) is 5.91 Å². The summed E-state index contributed by atoms with van der Waals surface area (Å²) in [6.07, 6.45) is 0. The summed E-state index contributed by atoms with van der Waals surface area (Å²) >= 11 is 0. The summed E-state index contributed by atoms with van der Waals surface area (Å²) in [6.45, 7) is 10.6. The van der Waals surface area contributed by atoms with Crippen molar-refractivity contribution in [1.82, 2.24) is 4.90 Å². The van der Waals surface area contributed by atoms with Gasteiger partial charge >= 0.3 is 0 Å². The molecular weight excluding hydrogens is 342 g/mol. The topological polar surface area (TPSA) is 65.8 Å². The summed E-state index contributed by atoms with van der Waals surface area (Å²) in [5, 5.41) is 2.97. The van der Waals surface area contributed by atoms with E-state index in [-0.39, 0.29) is 17.2 Å². The average molecular weight is 369 g/mol. The van der Waals surface area contributed by atoms with Crippen LogP contribution in [0.4, 0.5) is 11.4 Å². The number of para-hydroxylation sites is 2. The average Bonchev–Trinajstić information content (AvgIpc) is 3.13. The summed E-state index contributed by atoms with van der Waals surface area (Å²) in [5.74, 6) is 0.918. The number of hydrogen-bond acceptors (Lipinski definition) is 4. The lowest BCUT2D eigenvalue weighted by molar-refractivity contribution is -0.129. The van der Waals surface area contributed by atoms with Crippen LogP contribution in [0.15, 0.2) is 40.8 Å². The molecule has 1 aromatic heterocycles. The van der Waals surface area contributed by atoms with E-state index in [0.29, 0.717) is 18.8 Å². The number of nitrogens with one attached hydrogen (secondary N) is 1. The predicted molar refractivity (Wildman–Crippen MR) is 106 cm³/mol. The van der Waals surface area contributed by atoms with E-state index in [4.69, 9.17) is 4.42 Å². The fraction of sp³-hybridized carbons (Fsp3) is 0.429. The molecular formula is C21H27N3O3. The van der Waals surface area contributed by atoms with E-state index in [1.807, 2.05) is 56.0 Å². The Morgan fingerprint density at radius 1 is 1.00 bits per heavy atom. The summed E-state index contributed by atoms with van der Waals surface area (Å²) in [7, 11) is 0. The zero-order chi connectivity index (χ0) is 19.6. The molecule has 1 N–H and O–H groups in total. The Morgan fingerprint density at radius 3 is 2.26 bits per heavy atom. The zero-order valence-corrected chi connectivity index (χ0v) is 16.4. The number of nitrogens with zero attached hydrogens (tertiary/aromatic N) is 2. The van der Waals surface area contributed by atoms with Crippen molar-refractivity contribution in [1.29, 1.82) is 0 Å². The van der Waals surface area contributed by atoms with Gasteiger partial charge in [-0.1, -0.05) is 32.9 Å². The van der Waals surface area contributed by atoms with Gasteiger partial charge in [0.05, 0.1) is 11.4 Å². The number of anilines is 2. The number of carbonyl (C=O) groups excluding carboxylic acids is 2. The third kappa shape index (κ3) is 4.32. The molecule has 0 saturated carbocycles. The van der Waals surface area contributed by atoms with Gasteiger partial charge in [0.1, 0.15) is 5.76 Å². The van der Waals surface area contributed by atoms with E-state index in [2.05, 4.69) is 10.2 Å². The van der Waals surface area contributed by atoms with Crippen LogP contribution in [-0.2, 0) is 10.2 Å². The van der Waals surface area contributed by atoms with Gasteiger partial charge in [0.2, 0.25) is 5.91 Å². The lowest BCUT2D eigenvalue weighted by Gasteiger charge is -2.36. The Hall–Kier alpha value is -2.76. The molecule has 2 aromatic rings. The molecule has 1 aliphatic heterocycles. The smallest absolute Gasteiger partial charge is 0.291 e. The molecule has 0 bridgehead atoms. The van der Waals surface area contributed by atoms with Crippen molar-refractivity contribution in [2.75, 3.05) is 36.4 Å². The first-order valence-corrected chi connectivity index (χ1v) is 9.27. The van der Waals surface area contributed by atoms with Crippen molar-refractivity contribution in [2.45, 2.75) is 33.1 Å². The van der Waals surface area contributed by atoms with Crippen LogP contribution in [0.2, 0.25) is 0 Å². The Kier molecular flexibility index (Phi) is 5.26. The maximum atomic E-state index is 12.7. The number of benzene rings is 1. The van der Waals surface area contributed by atoms with Crippen LogP contribution in [0.5, 0.6) is 0 Å². The third-order valence-corrected chi connectivity index (χ3v) is 4.79. The molecule has 0 radical (unpaired) electrons. The number of rotatable bonds is 3. The summed E-state index contributed by atoms with van der Waals surface area (Å²) in [6, 6.07) is 11.3. The van der Waals surface area contributed by atoms with Crippen LogP contribution in [0.25, 0.3) is 0 Å². The van der Waals surface area contributed by atoms with Crippen LogP contribution >= 0.6 is 0 Å². The van der Waals surface area contributed by atoms with Gasteiger partial charge in [-0.2, -0.15) is 0 Å². The van der Waals surface area contributed by atoms with Crippen molar-refractivity contribution in [2.24, 2.45) is 0 Å². The van der Waals surface area contributed by atoms with Gasteiger partial charge in [-0.05, 0) is 24.3 Å². The van der Waals surface area contributed by atoms with E-state index in [0.717, 1.165) is 30.2 Å². The fourth-order valence-electron chi connectivity index (χ4n) is 3.16. The molecule has 1 fully saturated rings. The summed E-state index contributed by atoms with van der Waals surface area (Å²) in [5.41, 5.74) is 1.55. The summed E-state index contributed by atoms with van der Waals surface area (Å²) < 4.78 is 5.74. The highest BCUT2D eigenvalue weighted by atomic mass is 16.4. The molecule has 0 aliphatic carbocycles. The van der Waals surface area contributed by atoms with Crippen LogP contribution < -0.4 is 10.2 Å². The molecule has 27 heavy (non-hydrogen) atoms. The highest BCUT2D eigenvalue weighted by Crippen LogP contribution is 2.28. The Bertz CT molecular complexity index is 827. The normalized spacial score (nSPS) is 15.0. The minimum Gasteiger partial charge on any atom is -0.455 e. The molecule has 1 aromatic carbocycles. The molecule has 0 spiro atoms. The van der Waals surface area contributed by atoms with Crippen molar-refractivity contribution < 1.29 is 14.0 Å². The molecule has 6 heteroatoms. The first kappa shape index (κ1) is 19.0. The summed E-state index contributed by atoms with van der Waals surface area (Å²) in [4.78, 5) is 28.2. The second kappa shape index (κ2) is 7.47. The van der Waals surface area contributed by atoms with Gasteiger partial charge in [-0.3, -0.25) is 9.59 Å². The Morgan fingerprint density at radius 2 is 1.67 bits per heavy atom. The molecule has 3 rings (SSSR count). The minimum atomic E-state index is -0.264. The standard InChI is InChI=1S/C21H27N3O3/c1-15(25)23-11-13-24(14-12-23)17-8-6-5-7-16(17)22-20(26)18-9-10-19(27-18)21(2,3)4/h5-10H,11-14H2,1-4H3,(H,22,26). The number of piperazine rings is 1. The quantitative estimate of drug-likeness (QED) is 0.899. The number of amides is 2.